The van der Waals surface area contributed by atoms with Gasteiger partial charge in [-0.15, -0.1) is 0 Å². The summed E-state index contributed by atoms with van der Waals surface area (Å²) in [6.07, 6.45) is 1.56. The fourth-order valence-corrected chi connectivity index (χ4v) is 3.07. The number of aliphatic hydroxyl groups is 1. The fourth-order valence-electron chi connectivity index (χ4n) is 3.07. The lowest BCUT2D eigenvalue weighted by molar-refractivity contribution is -0.157. The molecule has 2 heterocycles. The Bertz CT molecular complexity index is 339. The van der Waals surface area contributed by atoms with Gasteiger partial charge in [0.05, 0.1) is 12.2 Å². The van der Waals surface area contributed by atoms with Gasteiger partial charge in [-0.1, -0.05) is 13.5 Å². The number of hydrogen-bond acceptors (Lipinski definition) is 4. The molecule has 0 aromatic rings. The molecule has 0 saturated carbocycles. The predicted molar refractivity (Wildman–Crippen MR) is 72.8 cm³/mol. The van der Waals surface area contributed by atoms with Crippen LogP contribution in [0.2, 0.25) is 0 Å². The van der Waals surface area contributed by atoms with E-state index in [1.165, 1.54) is 0 Å². The smallest absolute Gasteiger partial charge is 0.164 e. The fraction of sp³-hybridized carbons (Fsp3) is 0.867. The first-order chi connectivity index (χ1) is 8.84. The van der Waals surface area contributed by atoms with Crippen LogP contribution in [0.5, 0.6) is 0 Å². The maximum atomic E-state index is 9.07. The van der Waals surface area contributed by atoms with Crippen molar-refractivity contribution in [3.05, 3.63) is 12.2 Å². The average Bonchev–Trinajstić information content (AvgIpc) is 2.80. The van der Waals surface area contributed by atoms with Crippen molar-refractivity contribution in [1.82, 2.24) is 0 Å². The van der Waals surface area contributed by atoms with Crippen LogP contribution in [0.3, 0.4) is 0 Å². The minimum Gasteiger partial charge on any atom is -0.396 e. The van der Waals surface area contributed by atoms with E-state index < -0.39 is 5.79 Å². The van der Waals surface area contributed by atoms with Crippen molar-refractivity contribution in [2.45, 2.75) is 70.7 Å². The van der Waals surface area contributed by atoms with Crippen LogP contribution in [-0.4, -0.2) is 41.9 Å². The summed E-state index contributed by atoms with van der Waals surface area (Å²) in [4.78, 5) is 0. The molecule has 0 radical (unpaired) electrons. The number of rotatable bonds is 4. The second-order valence-corrected chi connectivity index (χ2v) is 6.31. The second-order valence-electron chi connectivity index (χ2n) is 6.31. The first-order valence-electron chi connectivity index (χ1n) is 7.11. The molecule has 0 aliphatic carbocycles. The molecule has 0 aromatic heterocycles. The Kier molecular flexibility index (Phi) is 4.35. The van der Waals surface area contributed by atoms with E-state index in [1.807, 2.05) is 20.8 Å². The van der Waals surface area contributed by atoms with E-state index in [9.17, 15) is 0 Å². The zero-order chi connectivity index (χ0) is 14.2. The average molecular weight is 270 g/mol. The van der Waals surface area contributed by atoms with Crippen LogP contribution in [0.1, 0.15) is 40.5 Å². The summed E-state index contributed by atoms with van der Waals surface area (Å²) in [6, 6.07) is 0. The topological polar surface area (TPSA) is 47.9 Å². The third kappa shape index (κ3) is 3.19. The van der Waals surface area contributed by atoms with E-state index in [0.717, 1.165) is 12.0 Å². The van der Waals surface area contributed by atoms with E-state index in [4.69, 9.17) is 19.3 Å². The zero-order valence-electron chi connectivity index (χ0n) is 12.4. The molecule has 2 aliphatic heterocycles. The summed E-state index contributed by atoms with van der Waals surface area (Å²) in [5.74, 6) is -0.147. The van der Waals surface area contributed by atoms with Gasteiger partial charge in [-0.25, -0.2) is 0 Å². The summed E-state index contributed by atoms with van der Waals surface area (Å²) < 4.78 is 18.0. The van der Waals surface area contributed by atoms with Gasteiger partial charge in [0.1, 0.15) is 12.2 Å². The molecule has 110 valence electrons. The molecule has 5 atom stereocenters. The quantitative estimate of drug-likeness (QED) is 0.796. The first kappa shape index (κ1) is 15.0. The van der Waals surface area contributed by atoms with Crippen LogP contribution in [0.25, 0.3) is 0 Å². The zero-order valence-corrected chi connectivity index (χ0v) is 12.4. The van der Waals surface area contributed by atoms with E-state index in [-0.39, 0.29) is 31.0 Å². The molecule has 2 saturated heterocycles. The lowest BCUT2D eigenvalue weighted by Gasteiger charge is -2.23. The molecular weight excluding hydrogens is 244 g/mol. The van der Waals surface area contributed by atoms with Crippen molar-refractivity contribution >= 4 is 0 Å². The molecule has 0 unspecified atom stereocenters. The largest absolute Gasteiger partial charge is 0.396 e. The summed E-state index contributed by atoms with van der Waals surface area (Å²) in [6.45, 7) is 12.1. The van der Waals surface area contributed by atoms with Gasteiger partial charge in [0.15, 0.2) is 5.79 Å². The standard InChI is InChI=1S/C15H26O4/c1-9(2)13-14(19-15(4,5)18-13)12-8-10(3)11(17-12)6-7-16/h10-14,16H,1,6-8H2,2-5H3/t10-,11+,12-,13-,14+/m1/s1. The normalized spacial score (nSPS) is 41.6. The molecule has 2 rings (SSSR count). The summed E-state index contributed by atoms with van der Waals surface area (Å²) >= 11 is 0. The Morgan fingerprint density at radius 1 is 1.37 bits per heavy atom. The van der Waals surface area contributed by atoms with Crippen LogP contribution >= 0.6 is 0 Å². The van der Waals surface area contributed by atoms with Gasteiger partial charge in [0.25, 0.3) is 0 Å². The van der Waals surface area contributed by atoms with Gasteiger partial charge in [0, 0.05) is 6.61 Å². The Balaban J connectivity index is 2.07. The van der Waals surface area contributed by atoms with E-state index in [1.54, 1.807) is 0 Å². The SMILES string of the molecule is C=C(C)[C@H]1OC(C)(C)O[C@H]1[C@H]1C[C@@H](C)[C@H](CCO)O1. The van der Waals surface area contributed by atoms with Gasteiger partial charge < -0.3 is 19.3 Å². The van der Waals surface area contributed by atoms with E-state index >= 15 is 0 Å². The second kappa shape index (κ2) is 5.52. The maximum absolute atomic E-state index is 9.07. The maximum Gasteiger partial charge on any atom is 0.164 e. The number of ether oxygens (including phenoxy) is 3. The van der Waals surface area contributed by atoms with Crippen molar-refractivity contribution in [1.29, 1.82) is 0 Å². The van der Waals surface area contributed by atoms with Crippen LogP contribution in [0.15, 0.2) is 12.2 Å². The molecule has 4 heteroatoms. The first-order valence-corrected chi connectivity index (χ1v) is 7.11. The van der Waals surface area contributed by atoms with Crippen molar-refractivity contribution < 1.29 is 19.3 Å². The molecular formula is C15H26O4. The Labute approximate surface area is 115 Å². The van der Waals surface area contributed by atoms with Crippen LogP contribution in [0, 0.1) is 5.92 Å². The van der Waals surface area contributed by atoms with Gasteiger partial charge in [0.2, 0.25) is 0 Å². The lowest BCUT2D eigenvalue weighted by Crippen LogP contribution is -2.36. The Hall–Kier alpha value is -0.420. The lowest BCUT2D eigenvalue weighted by atomic mass is 9.95. The van der Waals surface area contributed by atoms with E-state index in [0.29, 0.717) is 12.3 Å². The van der Waals surface area contributed by atoms with Crippen LogP contribution in [0.4, 0.5) is 0 Å². The summed E-state index contributed by atoms with van der Waals surface area (Å²) in [5, 5.41) is 9.07. The molecule has 0 amide bonds. The molecule has 1 N–H and O–H groups in total. The van der Waals surface area contributed by atoms with Gasteiger partial charge in [-0.05, 0) is 45.1 Å². The van der Waals surface area contributed by atoms with Gasteiger partial charge in [-0.3, -0.25) is 0 Å². The third-order valence-electron chi connectivity index (χ3n) is 3.98. The number of aliphatic hydroxyl groups excluding tert-OH is 1. The molecule has 4 nitrogen and oxygen atoms in total. The Morgan fingerprint density at radius 2 is 2.05 bits per heavy atom. The highest BCUT2D eigenvalue weighted by atomic mass is 16.8. The predicted octanol–water partition coefficient (Wildman–Crippen LogP) is 2.26. The number of hydrogen-bond donors (Lipinski definition) is 1. The minimum absolute atomic E-state index is 0.0232. The monoisotopic (exact) mass is 270 g/mol. The molecule has 0 aromatic carbocycles. The summed E-state index contributed by atoms with van der Waals surface area (Å²) in [5.41, 5.74) is 0.970. The molecule has 0 spiro atoms. The minimum atomic E-state index is -0.587. The van der Waals surface area contributed by atoms with Crippen molar-refractivity contribution in [2.24, 2.45) is 5.92 Å². The third-order valence-corrected chi connectivity index (χ3v) is 3.98. The molecule has 0 bridgehead atoms. The van der Waals surface area contributed by atoms with Crippen LogP contribution < -0.4 is 0 Å². The highest BCUT2D eigenvalue weighted by Crippen LogP contribution is 2.39. The van der Waals surface area contributed by atoms with Crippen molar-refractivity contribution in [3.8, 4) is 0 Å². The van der Waals surface area contributed by atoms with E-state index in [2.05, 4.69) is 13.5 Å². The summed E-state index contributed by atoms with van der Waals surface area (Å²) in [7, 11) is 0. The molecule has 2 fully saturated rings. The van der Waals surface area contributed by atoms with Crippen molar-refractivity contribution in [2.75, 3.05) is 6.61 Å². The molecule has 2 aliphatic rings. The molecule has 19 heavy (non-hydrogen) atoms. The van der Waals surface area contributed by atoms with Crippen molar-refractivity contribution in [3.63, 3.8) is 0 Å². The van der Waals surface area contributed by atoms with Gasteiger partial charge >= 0.3 is 0 Å². The van der Waals surface area contributed by atoms with Crippen LogP contribution in [-0.2, 0) is 14.2 Å². The Morgan fingerprint density at radius 3 is 2.63 bits per heavy atom. The van der Waals surface area contributed by atoms with Gasteiger partial charge in [-0.2, -0.15) is 0 Å². The highest BCUT2D eigenvalue weighted by Gasteiger charge is 2.49. The highest BCUT2D eigenvalue weighted by molar-refractivity contribution is 5.08.